The van der Waals surface area contributed by atoms with Crippen molar-refractivity contribution in [3.8, 4) is 0 Å². The molecule has 0 amide bonds. The molecule has 0 bridgehead atoms. The lowest BCUT2D eigenvalue weighted by Crippen LogP contribution is -2.37. The second-order valence-corrected chi connectivity index (χ2v) is 8.01. The maximum atomic E-state index is 11.7. The molecule has 2 saturated carbocycles. The Kier molecular flexibility index (Phi) is 6.10. The fourth-order valence-electron chi connectivity index (χ4n) is 2.77. The predicted molar refractivity (Wildman–Crippen MR) is 78.6 cm³/mol. The van der Waals surface area contributed by atoms with Crippen LogP contribution in [0.15, 0.2) is 0 Å². The van der Waals surface area contributed by atoms with Gasteiger partial charge >= 0.3 is 0 Å². The molecule has 0 aliphatic heterocycles. The van der Waals surface area contributed by atoms with Gasteiger partial charge in [0.2, 0.25) is 10.0 Å². The van der Waals surface area contributed by atoms with E-state index in [-0.39, 0.29) is 0 Å². The van der Waals surface area contributed by atoms with Gasteiger partial charge in [-0.1, -0.05) is 38.5 Å². The van der Waals surface area contributed by atoms with Crippen molar-refractivity contribution in [2.45, 2.75) is 63.8 Å². The molecule has 4 nitrogen and oxygen atoms in total. The first-order valence-corrected chi connectivity index (χ1v) is 9.52. The molecule has 0 aromatic carbocycles. The highest BCUT2D eigenvalue weighted by molar-refractivity contribution is 7.89. The summed E-state index contributed by atoms with van der Waals surface area (Å²) < 4.78 is 26.2. The van der Waals surface area contributed by atoms with Gasteiger partial charge in [0.25, 0.3) is 0 Å². The molecule has 2 aliphatic rings. The second-order valence-electron chi connectivity index (χ2n) is 6.09. The molecule has 19 heavy (non-hydrogen) atoms. The summed E-state index contributed by atoms with van der Waals surface area (Å²) in [5.41, 5.74) is 0. The molecular weight excluding hydrogens is 260 g/mol. The van der Waals surface area contributed by atoms with Crippen molar-refractivity contribution in [1.29, 1.82) is 0 Å². The molecule has 0 heterocycles. The van der Waals surface area contributed by atoms with Crippen LogP contribution in [0, 0.1) is 5.92 Å². The van der Waals surface area contributed by atoms with Crippen molar-refractivity contribution < 1.29 is 8.42 Å². The van der Waals surface area contributed by atoms with Crippen molar-refractivity contribution >= 4 is 10.0 Å². The third kappa shape index (κ3) is 6.72. The van der Waals surface area contributed by atoms with E-state index in [2.05, 4.69) is 10.0 Å². The van der Waals surface area contributed by atoms with E-state index in [0.29, 0.717) is 24.3 Å². The Labute approximate surface area is 117 Å². The van der Waals surface area contributed by atoms with E-state index in [0.717, 1.165) is 13.0 Å². The molecule has 0 saturated heterocycles. The maximum Gasteiger partial charge on any atom is 0.211 e. The number of hydrogen-bond acceptors (Lipinski definition) is 3. The average molecular weight is 288 g/mol. The Morgan fingerprint density at radius 1 is 0.895 bits per heavy atom. The fraction of sp³-hybridized carbons (Fsp3) is 1.00. The Bertz CT molecular complexity index is 344. The Balaban J connectivity index is 1.54. The molecule has 2 fully saturated rings. The molecule has 2 rings (SSSR count). The summed E-state index contributed by atoms with van der Waals surface area (Å²) in [6.07, 6.45) is 11.1. The minimum atomic E-state index is -3.04. The molecule has 0 unspecified atom stereocenters. The van der Waals surface area contributed by atoms with Crippen molar-refractivity contribution in [1.82, 2.24) is 10.0 Å². The minimum absolute atomic E-state index is 0.307. The highest BCUT2D eigenvalue weighted by Crippen LogP contribution is 2.32. The third-order valence-electron chi connectivity index (χ3n) is 4.23. The first-order valence-electron chi connectivity index (χ1n) is 7.86. The van der Waals surface area contributed by atoms with Gasteiger partial charge in [0.05, 0.1) is 5.75 Å². The topological polar surface area (TPSA) is 58.2 Å². The Morgan fingerprint density at radius 3 is 2.21 bits per heavy atom. The standard InChI is InChI=1S/C14H28N2O2S/c17-19(18,12-9-13-7-8-13)16-11-10-15-14-5-3-1-2-4-6-14/h13-16H,1-12H2. The molecule has 0 radical (unpaired) electrons. The van der Waals surface area contributed by atoms with Crippen LogP contribution in [0.2, 0.25) is 0 Å². The summed E-state index contributed by atoms with van der Waals surface area (Å²) in [7, 11) is -3.04. The molecule has 0 aromatic rings. The number of rotatable bonds is 8. The van der Waals surface area contributed by atoms with E-state index < -0.39 is 10.0 Å². The monoisotopic (exact) mass is 288 g/mol. The lowest BCUT2D eigenvalue weighted by atomic mass is 10.1. The van der Waals surface area contributed by atoms with E-state index in [1.54, 1.807) is 0 Å². The number of nitrogens with one attached hydrogen (secondary N) is 2. The second kappa shape index (κ2) is 7.60. The summed E-state index contributed by atoms with van der Waals surface area (Å²) in [4.78, 5) is 0. The summed E-state index contributed by atoms with van der Waals surface area (Å²) in [5.74, 6) is 0.988. The number of sulfonamides is 1. The normalized spacial score (nSPS) is 22.3. The van der Waals surface area contributed by atoms with Gasteiger partial charge in [-0.05, 0) is 25.2 Å². The van der Waals surface area contributed by atoms with Crippen LogP contribution in [-0.2, 0) is 10.0 Å². The van der Waals surface area contributed by atoms with Crippen LogP contribution in [-0.4, -0.2) is 33.3 Å². The zero-order valence-corrected chi connectivity index (χ0v) is 12.7. The predicted octanol–water partition coefficient (Wildman–Crippen LogP) is 2.02. The number of hydrogen-bond donors (Lipinski definition) is 2. The van der Waals surface area contributed by atoms with Gasteiger partial charge in [0.1, 0.15) is 0 Å². The molecule has 2 N–H and O–H groups in total. The first-order chi connectivity index (χ1) is 9.16. The lowest BCUT2D eigenvalue weighted by Gasteiger charge is -2.16. The highest BCUT2D eigenvalue weighted by Gasteiger charge is 2.23. The lowest BCUT2D eigenvalue weighted by molar-refractivity contribution is 0.461. The SMILES string of the molecule is O=S(=O)(CCC1CC1)NCCNC1CCCCCC1. The molecular formula is C14H28N2O2S. The van der Waals surface area contributed by atoms with Crippen LogP contribution in [0.3, 0.4) is 0 Å². The van der Waals surface area contributed by atoms with Gasteiger partial charge in [0, 0.05) is 19.1 Å². The molecule has 112 valence electrons. The third-order valence-corrected chi connectivity index (χ3v) is 5.64. The van der Waals surface area contributed by atoms with Gasteiger partial charge in [-0.2, -0.15) is 0 Å². The van der Waals surface area contributed by atoms with E-state index >= 15 is 0 Å². The van der Waals surface area contributed by atoms with E-state index in [4.69, 9.17) is 0 Å². The van der Waals surface area contributed by atoms with Gasteiger partial charge in [-0.25, -0.2) is 13.1 Å². The fourth-order valence-corrected chi connectivity index (χ4v) is 3.97. The van der Waals surface area contributed by atoms with Crippen molar-refractivity contribution in [3.05, 3.63) is 0 Å². The molecule has 0 spiro atoms. The zero-order valence-electron chi connectivity index (χ0n) is 11.9. The molecule has 2 aliphatic carbocycles. The molecule has 0 atom stereocenters. The van der Waals surface area contributed by atoms with E-state index in [1.165, 1.54) is 51.4 Å². The molecule has 5 heteroatoms. The highest BCUT2D eigenvalue weighted by atomic mass is 32.2. The summed E-state index contributed by atoms with van der Waals surface area (Å²) in [6.45, 7) is 1.29. The zero-order chi connectivity index (χ0) is 13.6. The largest absolute Gasteiger partial charge is 0.313 e. The maximum absolute atomic E-state index is 11.7. The van der Waals surface area contributed by atoms with E-state index in [9.17, 15) is 8.42 Å². The van der Waals surface area contributed by atoms with Crippen LogP contribution < -0.4 is 10.0 Å². The minimum Gasteiger partial charge on any atom is -0.313 e. The van der Waals surface area contributed by atoms with Gasteiger partial charge < -0.3 is 5.32 Å². The molecule has 0 aromatic heterocycles. The van der Waals surface area contributed by atoms with E-state index in [1.807, 2.05) is 0 Å². The van der Waals surface area contributed by atoms with Crippen LogP contribution in [0.4, 0.5) is 0 Å². The van der Waals surface area contributed by atoms with Gasteiger partial charge in [0.15, 0.2) is 0 Å². The van der Waals surface area contributed by atoms with Crippen molar-refractivity contribution in [2.24, 2.45) is 5.92 Å². The van der Waals surface area contributed by atoms with Crippen LogP contribution in [0.5, 0.6) is 0 Å². The van der Waals surface area contributed by atoms with Gasteiger partial charge in [-0.3, -0.25) is 0 Å². The van der Waals surface area contributed by atoms with Gasteiger partial charge in [-0.15, -0.1) is 0 Å². The first kappa shape index (κ1) is 15.3. The Hall–Kier alpha value is -0.130. The van der Waals surface area contributed by atoms with Crippen molar-refractivity contribution in [3.63, 3.8) is 0 Å². The summed E-state index contributed by atoms with van der Waals surface area (Å²) >= 11 is 0. The summed E-state index contributed by atoms with van der Waals surface area (Å²) in [5, 5.41) is 3.48. The van der Waals surface area contributed by atoms with Crippen LogP contribution in [0.1, 0.15) is 57.8 Å². The average Bonchev–Trinajstić information content (AvgIpc) is 3.19. The smallest absolute Gasteiger partial charge is 0.211 e. The summed E-state index contributed by atoms with van der Waals surface area (Å²) in [6, 6.07) is 0.596. The quantitative estimate of drug-likeness (QED) is 0.531. The van der Waals surface area contributed by atoms with Crippen LogP contribution in [0.25, 0.3) is 0 Å². The van der Waals surface area contributed by atoms with Crippen molar-refractivity contribution in [2.75, 3.05) is 18.8 Å². The Morgan fingerprint density at radius 2 is 1.58 bits per heavy atom. The van der Waals surface area contributed by atoms with Crippen LogP contribution >= 0.6 is 0 Å².